The van der Waals surface area contributed by atoms with E-state index in [-0.39, 0.29) is 0 Å². The van der Waals surface area contributed by atoms with E-state index in [0.717, 1.165) is 18.8 Å². The first kappa shape index (κ1) is 17.2. The monoisotopic (exact) mass is 302 g/mol. The summed E-state index contributed by atoms with van der Waals surface area (Å²) in [5.74, 6) is 1.13. The Morgan fingerprint density at radius 2 is 1.90 bits per heavy atom. The van der Waals surface area contributed by atoms with Gasteiger partial charge in [0.05, 0.1) is 0 Å². The first-order valence-corrected chi connectivity index (χ1v) is 6.66. The second kappa shape index (κ2) is 8.44. The first-order chi connectivity index (χ1) is 9.90. The zero-order valence-electron chi connectivity index (χ0n) is 11.7. The Hall–Kier alpha value is -1.86. The summed E-state index contributed by atoms with van der Waals surface area (Å²) in [6, 6.07) is 4.06. The van der Waals surface area contributed by atoms with Crippen LogP contribution in [0.4, 0.5) is 17.3 Å². The van der Waals surface area contributed by atoms with Crippen molar-refractivity contribution in [3.63, 3.8) is 0 Å². The Kier molecular flexibility index (Phi) is 6.91. The van der Waals surface area contributed by atoms with Gasteiger partial charge in [-0.3, -0.25) is 4.98 Å². The Balaban J connectivity index is 0.000000383. The second-order valence-corrected chi connectivity index (χ2v) is 4.42. The summed E-state index contributed by atoms with van der Waals surface area (Å²) in [4.78, 5) is 8.52. The standard InChI is InChI=1S/C13H17N3.BF4/c1-2-3-8-16-9-7-15-13(16)10-12-5-4-6-14-11-12;2-1(3,4)5/h4-7,9,11H,2-3,8,10H2,1H3;/q;-1. The van der Waals surface area contributed by atoms with Crippen molar-refractivity contribution in [2.75, 3.05) is 0 Å². The Bertz CT molecular complexity index is 508. The number of hydrogen-bond acceptors (Lipinski definition) is 2. The Morgan fingerprint density at radius 3 is 2.48 bits per heavy atom. The summed E-state index contributed by atoms with van der Waals surface area (Å²) >= 11 is 0. The third kappa shape index (κ3) is 8.11. The van der Waals surface area contributed by atoms with Crippen LogP contribution in [-0.2, 0) is 13.0 Å². The maximum atomic E-state index is 9.75. The molecule has 0 atom stereocenters. The smallest absolute Gasteiger partial charge is 0.418 e. The number of aryl methyl sites for hydroxylation is 1. The Labute approximate surface area is 121 Å². The number of imidazole rings is 1. The van der Waals surface area contributed by atoms with Gasteiger partial charge in [0.1, 0.15) is 5.82 Å². The van der Waals surface area contributed by atoms with E-state index in [1.54, 1.807) is 6.20 Å². The largest absolute Gasteiger partial charge is 0.673 e. The molecule has 2 heterocycles. The highest BCUT2D eigenvalue weighted by atomic mass is 19.5. The lowest BCUT2D eigenvalue weighted by atomic mass is 10.2. The summed E-state index contributed by atoms with van der Waals surface area (Å²) in [6.45, 7) is 3.27. The second-order valence-electron chi connectivity index (χ2n) is 4.42. The molecule has 0 radical (unpaired) electrons. The van der Waals surface area contributed by atoms with Crippen LogP contribution >= 0.6 is 0 Å². The van der Waals surface area contributed by atoms with Crippen LogP contribution in [0.15, 0.2) is 36.9 Å². The number of aromatic nitrogens is 3. The van der Waals surface area contributed by atoms with E-state index in [9.17, 15) is 17.3 Å². The minimum atomic E-state index is -6.00. The summed E-state index contributed by atoms with van der Waals surface area (Å²) in [7, 11) is -6.00. The van der Waals surface area contributed by atoms with Crippen molar-refractivity contribution in [3.8, 4) is 0 Å². The van der Waals surface area contributed by atoms with Crippen LogP contribution in [0.1, 0.15) is 31.2 Å². The van der Waals surface area contributed by atoms with Crippen LogP contribution < -0.4 is 0 Å². The predicted molar refractivity (Wildman–Crippen MR) is 74.4 cm³/mol. The maximum absolute atomic E-state index is 9.75. The molecular formula is C13H17BF4N3-. The van der Waals surface area contributed by atoms with Gasteiger partial charge in [0.15, 0.2) is 0 Å². The number of pyridine rings is 1. The lowest BCUT2D eigenvalue weighted by Crippen LogP contribution is -2.04. The minimum absolute atomic E-state index is 0.866. The quantitative estimate of drug-likeness (QED) is 0.618. The van der Waals surface area contributed by atoms with Crippen LogP contribution in [0.2, 0.25) is 0 Å². The van der Waals surface area contributed by atoms with Gasteiger partial charge in [0.2, 0.25) is 0 Å². The molecule has 2 aromatic heterocycles. The van der Waals surface area contributed by atoms with Crippen molar-refractivity contribution in [2.24, 2.45) is 0 Å². The molecule has 3 nitrogen and oxygen atoms in total. The van der Waals surface area contributed by atoms with Crippen molar-refractivity contribution in [1.29, 1.82) is 0 Å². The van der Waals surface area contributed by atoms with E-state index in [2.05, 4.69) is 33.7 Å². The highest BCUT2D eigenvalue weighted by Crippen LogP contribution is 2.08. The number of hydrogen-bond donors (Lipinski definition) is 0. The van der Waals surface area contributed by atoms with Crippen molar-refractivity contribution in [3.05, 3.63) is 48.3 Å². The highest BCUT2D eigenvalue weighted by Gasteiger charge is 2.20. The van der Waals surface area contributed by atoms with Crippen molar-refractivity contribution in [1.82, 2.24) is 14.5 Å². The van der Waals surface area contributed by atoms with E-state index < -0.39 is 7.25 Å². The lowest BCUT2D eigenvalue weighted by Gasteiger charge is -2.06. The third-order valence-corrected chi connectivity index (χ3v) is 2.64. The molecule has 0 saturated heterocycles. The van der Waals surface area contributed by atoms with Crippen molar-refractivity contribution < 1.29 is 17.3 Å². The molecule has 0 spiro atoms. The predicted octanol–water partition coefficient (Wildman–Crippen LogP) is 3.97. The fourth-order valence-corrected chi connectivity index (χ4v) is 1.72. The van der Waals surface area contributed by atoms with Gasteiger partial charge in [-0.2, -0.15) is 0 Å². The third-order valence-electron chi connectivity index (χ3n) is 2.64. The van der Waals surface area contributed by atoms with Crippen LogP contribution in [0.25, 0.3) is 0 Å². The molecule has 116 valence electrons. The number of rotatable bonds is 5. The molecule has 8 heteroatoms. The summed E-state index contributed by atoms with van der Waals surface area (Å²) in [6.07, 6.45) is 10.9. The molecular weight excluding hydrogens is 285 g/mol. The highest BCUT2D eigenvalue weighted by molar-refractivity contribution is 6.50. The molecule has 0 fully saturated rings. The summed E-state index contributed by atoms with van der Waals surface area (Å²) in [5.41, 5.74) is 1.21. The number of unbranched alkanes of at least 4 members (excludes halogenated alkanes) is 1. The minimum Gasteiger partial charge on any atom is -0.418 e. The van der Waals surface area contributed by atoms with E-state index in [4.69, 9.17) is 0 Å². The van der Waals surface area contributed by atoms with Crippen molar-refractivity contribution >= 4 is 7.25 Å². The summed E-state index contributed by atoms with van der Waals surface area (Å²) in [5, 5.41) is 0. The average molecular weight is 302 g/mol. The molecule has 0 amide bonds. The molecule has 0 aliphatic carbocycles. The number of nitrogens with zero attached hydrogens (tertiary/aromatic N) is 3. The van der Waals surface area contributed by atoms with Gasteiger partial charge in [-0.25, -0.2) is 4.98 Å². The van der Waals surface area contributed by atoms with Crippen LogP contribution in [0, 0.1) is 0 Å². The van der Waals surface area contributed by atoms with Gasteiger partial charge in [0, 0.05) is 37.8 Å². The van der Waals surface area contributed by atoms with Crippen LogP contribution in [0.5, 0.6) is 0 Å². The molecule has 0 unspecified atom stereocenters. The van der Waals surface area contributed by atoms with E-state index in [0.29, 0.717) is 0 Å². The van der Waals surface area contributed by atoms with Gasteiger partial charge < -0.3 is 21.8 Å². The molecule has 0 saturated carbocycles. The molecule has 0 aliphatic heterocycles. The molecule has 2 aromatic rings. The fraction of sp³-hybridized carbons (Fsp3) is 0.385. The molecule has 0 bridgehead atoms. The molecule has 2 rings (SSSR count). The van der Waals surface area contributed by atoms with Gasteiger partial charge in [0.25, 0.3) is 0 Å². The SMILES string of the molecule is CCCCn1ccnc1Cc1cccnc1.F[B-](F)(F)F. The van der Waals surface area contributed by atoms with Gasteiger partial charge in [-0.05, 0) is 18.1 Å². The van der Waals surface area contributed by atoms with E-state index in [1.165, 1.54) is 18.4 Å². The molecule has 21 heavy (non-hydrogen) atoms. The zero-order chi connectivity index (χ0) is 15.7. The maximum Gasteiger partial charge on any atom is 0.673 e. The zero-order valence-corrected chi connectivity index (χ0v) is 11.7. The summed E-state index contributed by atoms with van der Waals surface area (Å²) < 4.78 is 41.2. The van der Waals surface area contributed by atoms with E-state index in [1.807, 2.05) is 18.5 Å². The molecule has 0 N–H and O–H groups in total. The van der Waals surface area contributed by atoms with Crippen molar-refractivity contribution in [2.45, 2.75) is 32.7 Å². The molecule has 0 aromatic carbocycles. The van der Waals surface area contributed by atoms with E-state index >= 15 is 0 Å². The first-order valence-electron chi connectivity index (χ1n) is 6.66. The normalized spacial score (nSPS) is 10.9. The topological polar surface area (TPSA) is 30.7 Å². The Morgan fingerprint density at radius 1 is 1.19 bits per heavy atom. The molecule has 0 aliphatic rings. The van der Waals surface area contributed by atoms with Crippen LogP contribution in [-0.4, -0.2) is 21.8 Å². The van der Waals surface area contributed by atoms with Gasteiger partial charge >= 0.3 is 7.25 Å². The van der Waals surface area contributed by atoms with Gasteiger partial charge in [-0.1, -0.05) is 19.4 Å². The van der Waals surface area contributed by atoms with Gasteiger partial charge in [-0.15, -0.1) is 0 Å². The lowest BCUT2D eigenvalue weighted by molar-refractivity contribution is 0.368. The average Bonchev–Trinajstić information content (AvgIpc) is 2.83. The fourth-order valence-electron chi connectivity index (χ4n) is 1.72. The number of halogens is 4. The van der Waals surface area contributed by atoms with Crippen LogP contribution in [0.3, 0.4) is 0 Å².